The molecule has 0 amide bonds. The fraction of sp³-hybridized carbons (Fsp3) is 0.348. The maximum atomic E-state index is 13.5. The number of rotatable bonds is 7. The number of esters is 1. The maximum absolute atomic E-state index is 13.5. The van der Waals surface area contributed by atoms with Gasteiger partial charge in [0.05, 0.1) is 46.4 Å². The standard InChI is InChI=1S/C23H22N4O5S2/c1-13(19-25-26-20(32-19)18-6-4-10-33-18)34-23-24-17-11-14(22(29)30-2)7-8-16(17)21(28)27(23)12-15-5-3-9-31-15/h4,6-8,10-11,13,15H,3,5,9,12H2,1-2H3/t13-,15-/m0/s1. The number of carbonyl (C=O) groups is 1. The first-order chi connectivity index (χ1) is 16.5. The Morgan fingerprint density at radius 1 is 1.35 bits per heavy atom. The number of benzene rings is 1. The summed E-state index contributed by atoms with van der Waals surface area (Å²) in [5.74, 6) is 0.417. The van der Waals surface area contributed by atoms with E-state index in [1.807, 2.05) is 24.4 Å². The van der Waals surface area contributed by atoms with Crippen molar-refractivity contribution in [1.82, 2.24) is 19.7 Å². The van der Waals surface area contributed by atoms with Crippen LogP contribution in [0.1, 0.15) is 41.3 Å². The van der Waals surface area contributed by atoms with E-state index in [9.17, 15) is 9.59 Å². The average molecular weight is 499 g/mol. The molecule has 0 bridgehead atoms. The second-order valence-electron chi connectivity index (χ2n) is 7.85. The summed E-state index contributed by atoms with van der Waals surface area (Å²) in [6.07, 6.45) is 1.81. The van der Waals surface area contributed by atoms with Crippen LogP contribution in [-0.2, 0) is 16.0 Å². The van der Waals surface area contributed by atoms with E-state index in [0.717, 1.165) is 17.7 Å². The van der Waals surface area contributed by atoms with Crippen molar-refractivity contribution in [3.8, 4) is 10.8 Å². The zero-order chi connectivity index (χ0) is 23.7. The van der Waals surface area contributed by atoms with E-state index in [-0.39, 0.29) is 16.9 Å². The van der Waals surface area contributed by atoms with Gasteiger partial charge in [-0.25, -0.2) is 9.78 Å². The molecule has 2 atom stereocenters. The van der Waals surface area contributed by atoms with Gasteiger partial charge in [-0.1, -0.05) is 17.8 Å². The van der Waals surface area contributed by atoms with E-state index in [4.69, 9.17) is 18.9 Å². The monoisotopic (exact) mass is 498 g/mol. The SMILES string of the molecule is COC(=O)c1ccc2c(=O)n(C[C@@H]3CCCO3)c(S[C@@H](C)c3nnc(-c4cccs4)o3)nc2c1. The number of methoxy groups -OCH3 is 1. The second kappa shape index (κ2) is 9.69. The van der Waals surface area contributed by atoms with E-state index in [1.165, 1.54) is 30.2 Å². The minimum Gasteiger partial charge on any atom is -0.465 e. The molecule has 0 unspecified atom stereocenters. The third-order valence-electron chi connectivity index (χ3n) is 5.55. The smallest absolute Gasteiger partial charge is 0.337 e. The minimum absolute atomic E-state index is 0.0465. The van der Waals surface area contributed by atoms with E-state index in [1.54, 1.807) is 22.8 Å². The van der Waals surface area contributed by atoms with Crippen molar-refractivity contribution in [1.29, 1.82) is 0 Å². The van der Waals surface area contributed by atoms with E-state index in [0.29, 0.717) is 46.6 Å². The molecule has 9 nitrogen and oxygen atoms in total. The van der Waals surface area contributed by atoms with Crippen molar-refractivity contribution < 1.29 is 18.7 Å². The summed E-state index contributed by atoms with van der Waals surface area (Å²) in [7, 11) is 1.32. The average Bonchev–Trinajstić information content (AvgIpc) is 3.62. The van der Waals surface area contributed by atoms with Gasteiger partial charge in [0.1, 0.15) is 0 Å². The molecule has 0 radical (unpaired) electrons. The van der Waals surface area contributed by atoms with E-state index >= 15 is 0 Å². The van der Waals surface area contributed by atoms with Crippen molar-refractivity contribution in [2.24, 2.45) is 0 Å². The predicted octanol–water partition coefficient (Wildman–Crippen LogP) is 4.33. The molecular weight excluding hydrogens is 476 g/mol. The number of fused-ring (bicyclic) bond motifs is 1. The molecular formula is C23H22N4O5S2. The summed E-state index contributed by atoms with van der Waals surface area (Å²) >= 11 is 2.88. The number of thiophene rings is 1. The summed E-state index contributed by atoms with van der Waals surface area (Å²) in [5, 5.41) is 11.0. The molecule has 1 fully saturated rings. The Bertz CT molecular complexity index is 1380. The molecule has 4 aromatic rings. The highest BCUT2D eigenvalue weighted by atomic mass is 32.2. The lowest BCUT2D eigenvalue weighted by molar-refractivity contribution is 0.0601. The van der Waals surface area contributed by atoms with Crippen LogP contribution >= 0.6 is 23.1 Å². The van der Waals surface area contributed by atoms with Crippen LogP contribution < -0.4 is 5.56 Å². The first-order valence-corrected chi connectivity index (χ1v) is 12.6. The van der Waals surface area contributed by atoms with E-state index < -0.39 is 5.97 Å². The molecule has 1 aliphatic rings. The molecule has 5 rings (SSSR count). The van der Waals surface area contributed by atoms with Crippen LogP contribution in [0.15, 0.2) is 50.1 Å². The van der Waals surface area contributed by atoms with Gasteiger partial charge in [0.25, 0.3) is 11.4 Å². The molecule has 1 aliphatic heterocycles. The fourth-order valence-electron chi connectivity index (χ4n) is 3.80. The predicted molar refractivity (Wildman–Crippen MR) is 128 cm³/mol. The fourth-order valence-corrected chi connectivity index (χ4v) is 5.39. The first kappa shape index (κ1) is 22.8. The number of ether oxygens (including phenoxy) is 2. The third kappa shape index (κ3) is 4.50. The second-order valence-corrected chi connectivity index (χ2v) is 10.1. The van der Waals surface area contributed by atoms with Crippen LogP contribution in [0.2, 0.25) is 0 Å². The molecule has 34 heavy (non-hydrogen) atoms. The van der Waals surface area contributed by atoms with Gasteiger partial charge in [0, 0.05) is 6.61 Å². The Labute approximate surface area is 203 Å². The summed E-state index contributed by atoms with van der Waals surface area (Å²) < 4.78 is 18.1. The lowest BCUT2D eigenvalue weighted by atomic mass is 10.1. The summed E-state index contributed by atoms with van der Waals surface area (Å²) in [5.41, 5.74) is 0.577. The van der Waals surface area contributed by atoms with Crippen LogP contribution in [0.25, 0.3) is 21.7 Å². The molecule has 0 spiro atoms. The summed E-state index contributed by atoms with van der Waals surface area (Å²) in [4.78, 5) is 31.1. The lowest BCUT2D eigenvalue weighted by Gasteiger charge is -2.17. The zero-order valence-corrected chi connectivity index (χ0v) is 20.2. The van der Waals surface area contributed by atoms with Crippen LogP contribution in [-0.4, -0.2) is 45.5 Å². The van der Waals surface area contributed by atoms with E-state index in [2.05, 4.69) is 10.2 Å². The van der Waals surface area contributed by atoms with Crippen molar-refractivity contribution in [2.45, 2.75) is 42.8 Å². The molecule has 1 aromatic carbocycles. The number of hydrogen-bond acceptors (Lipinski definition) is 10. The number of carbonyl (C=O) groups excluding carboxylic acids is 1. The van der Waals surface area contributed by atoms with Crippen LogP contribution in [0.3, 0.4) is 0 Å². The Balaban J connectivity index is 1.52. The van der Waals surface area contributed by atoms with Gasteiger partial charge in [-0.15, -0.1) is 21.5 Å². The van der Waals surface area contributed by atoms with Crippen molar-refractivity contribution in [3.05, 3.63) is 57.5 Å². The van der Waals surface area contributed by atoms with Gasteiger partial charge >= 0.3 is 5.97 Å². The largest absolute Gasteiger partial charge is 0.465 e. The van der Waals surface area contributed by atoms with Gasteiger partial charge in [-0.3, -0.25) is 9.36 Å². The summed E-state index contributed by atoms with van der Waals surface area (Å²) in [6, 6.07) is 8.62. The van der Waals surface area contributed by atoms with Crippen LogP contribution in [0, 0.1) is 0 Å². The number of hydrogen-bond donors (Lipinski definition) is 0. The Morgan fingerprint density at radius 2 is 2.24 bits per heavy atom. The molecule has 4 heterocycles. The zero-order valence-electron chi connectivity index (χ0n) is 18.6. The molecule has 11 heteroatoms. The van der Waals surface area contributed by atoms with Gasteiger partial charge < -0.3 is 13.9 Å². The molecule has 1 saturated heterocycles. The van der Waals surface area contributed by atoms with Crippen LogP contribution in [0.5, 0.6) is 0 Å². The van der Waals surface area contributed by atoms with Crippen LogP contribution in [0.4, 0.5) is 0 Å². The molecule has 0 aliphatic carbocycles. The molecule has 176 valence electrons. The Hall–Kier alpha value is -3.02. The van der Waals surface area contributed by atoms with Crippen molar-refractivity contribution >= 4 is 40.0 Å². The number of aromatic nitrogens is 4. The number of thioether (sulfide) groups is 1. The number of nitrogens with zero attached hydrogens (tertiary/aromatic N) is 4. The highest BCUT2D eigenvalue weighted by Gasteiger charge is 2.24. The highest BCUT2D eigenvalue weighted by Crippen LogP contribution is 2.35. The van der Waals surface area contributed by atoms with Crippen molar-refractivity contribution in [3.63, 3.8) is 0 Å². The van der Waals surface area contributed by atoms with Gasteiger partial charge in [0.2, 0.25) is 5.89 Å². The molecule has 0 saturated carbocycles. The van der Waals surface area contributed by atoms with Gasteiger partial charge in [-0.05, 0) is 49.4 Å². The first-order valence-electron chi connectivity index (χ1n) is 10.8. The highest BCUT2D eigenvalue weighted by molar-refractivity contribution is 7.99. The van der Waals surface area contributed by atoms with Gasteiger partial charge in [-0.2, -0.15) is 0 Å². The summed E-state index contributed by atoms with van der Waals surface area (Å²) in [6.45, 7) is 3.02. The topological polar surface area (TPSA) is 109 Å². The Morgan fingerprint density at radius 3 is 2.97 bits per heavy atom. The Kier molecular flexibility index (Phi) is 6.48. The minimum atomic E-state index is -0.484. The molecule has 3 aromatic heterocycles. The molecule has 0 N–H and O–H groups in total. The maximum Gasteiger partial charge on any atom is 0.337 e. The quantitative estimate of drug-likeness (QED) is 0.209. The van der Waals surface area contributed by atoms with Gasteiger partial charge in [0.15, 0.2) is 5.16 Å². The lowest BCUT2D eigenvalue weighted by Crippen LogP contribution is -2.29. The normalized spacial score (nSPS) is 16.7. The third-order valence-corrected chi connectivity index (χ3v) is 7.49. The van der Waals surface area contributed by atoms with Crippen molar-refractivity contribution in [2.75, 3.05) is 13.7 Å².